The van der Waals surface area contributed by atoms with E-state index >= 15 is 0 Å². The van der Waals surface area contributed by atoms with Gasteiger partial charge in [0.05, 0.1) is 13.2 Å². The molecule has 0 atom stereocenters. The Morgan fingerprint density at radius 1 is 1.26 bits per heavy atom. The number of carbonyl (C=O) groups excluding carboxylic acids is 1. The van der Waals surface area contributed by atoms with Crippen LogP contribution in [0.4, 0.5) is 0 Å². The van der Waals surface area contributed by atoms with Crippen molar-refractivity contribution in [1.82, 2.24) is 4.90 Å². The smallest absolute Gasteiger partial charge is 0.248 e. The minimum absolute atomic E-state index is 0.0611. The van der Waals surface area contributed by atoms with Gasteiger partial charge in [-0.3, -0.25) is 4.79 Å². The molecular formula is C14H22N2O3. The van der Waals surface area contributed by atoms with Gasteiger partial charge in [0.15, 0.2) is 0 Å². The molecule has 0 heterocycles. The lowest BCUT2D eigenvalue weighted by Crippen LogP contribution is -2.38. The molecule has 5 nitrogen and oxygen atoms in total. The number of benzene rings is 1. The highest BCUT2D eigenvalue weighted by molar-refractivity contribution is 5.92. The molecule has 0 aliphatic carbocycles. The first-order valence-electron chi connectivity index (χ1n) is 6.19. The van der Waals surface area contributed by atoms with Gasteiger partial charge in [-0.15, -0.1) is 0 Å². The number of hydrogen-bond acceptors (Lipinski definition) is 4. The van der Waals surface area contributed by atoms with Crippen molar-refractivity contribution in [3.05, 3.63) is 35.4 Å². The van der Waals surface area contributed by atoms with Crippen molar-refractivity contribution in [2.75, 3.05) is 26.8 Å². The third kappa shape index (κ3) is 4.63. The van der Waals surface area contributed by atoms with E-state index in [0.29, 0.717) is 18.7 Å². The van der Waals surface area contributed by atoms with Crippen molar-refractivity contribution in [3.63, 3.8) is 0 Å². The standard InChI is InChI=1S/C14H22N2O3/c1-14(9-17,10-18)8-16(2)7-11-3-5-12(6-4-11)13(15)19/h3-6,17-18H,7-10H2,1-2H3,(H2,15,19). The van der Waals surface area contributed by atoms with Crippen molar-refractivity contribution < 1.29 is 15.0 Å². The monoisotopic (exact) mass is 266 g/mol. The first-order chi connectivity index (χ1) is 8.90. The summed E-state index contributed by atoms with van der Waals surface area (Å²) in [6, 6.07) is 7.10. The fourth-order valence-corrected chi connectivity index (χ4v) is 1.94. The topological polar surface area (TPSA) is 86.8 Å². The van der Waals surface area contributed by atoms with E-state index < -0.39 is 11.3 Å². The highest BCUT2D eigenvalue weighted by atomic mass is 16.3. The van der Waals surface area contributed by atoms with E-state index in [2.05, 4.69) is 0 Å². The molecule has 5 heteroatoms. The van der Waals surface area contributed by atoms with Gasteiger partial charge in [-0.05, 0) is 24.7 Å². The highest BCUT2D eigenvalue weighted by Crippen LogP contribution is 2.17. The number of primary amides is 1. The molecular weight excluding hydrogens is 244 g/mol. The lowest BCUT2D eigenvalue weighted by atomic mass is 9.92. The Balaban J connectivity index is 2.61. The Bertz CT molecular complexity index is 413. The van der Waals surface area contributed by atoms with Crippen molar-refractivity contribution in [1.29, 1.82) is 0 Å². The molecule has 106 valence electrons. The third-order valence-corrected chi connectivity index (χ3v) is 3.11. The number of hydrogen-bond donors (Lipinski definition) is 3. The third-order valence-electron chi connectivity index (χ3n) is 3.11. The minimum Gasteiger partial charge on any atom is -0.396 e. The molecule has 1 aromatic carbocycles. The first kappa shape index (κ1) is 15.6. The van der Waals surface area contributed by atoms with Crippen LogP contribution in [0.25, 0.3) is 0 Å². The summed E-state index contributed by atoms with van der Waals surface area (Å²) in [6.45, 7) is 2.97. The Kier molecular flexibility index (Phi) is 5.47. The predicted molar refractivity (Wildman–Crippen MR) is 73.6 cm³/mol. The van der Waals surface area contributed by atoms with Gasteiger partial charge in [-0.1, -0.05) is 19.1 Å². The fourth-order valence-electron chi connectivity index (χ4n) is 1.94. The molecule has 0 saturated carbocycles. The molecule has 0 fully saturated rings. The number of aliphatic hydroxyl groups excluding tert-OH is 2. The maximum absolute atomic E-state index is 11.0. The molecule has 1 rings (SSSR count). The van der Waals surface area contributed by atoms with Crippen LogP contribution < -0.4 is 5.73 Å². The molecule has 19 heavy (non-hydrogen) atoms. The van der Waals surface area contributed by atoms with E-state index in [9.17, 15) is 15.0 Å². The maximum Gasteiger partial charge on any atom is 0.248 e. The van der Waals surface area contributed by atoms with Gasteiger partial charge < -0.3 is 20.8 Å². The lowest BCUT2D eigenvalue weighted by Gasteiger charge is -2.30. The molecule has 1 amide bonds. The quantitative estimate of drug-likeness (QED) is 0.658. The number of nitrogens with zero attached hydrogens (tertiary/aromatic N) is 1. The summed E-state index contributed by atoms with van der Waals surface area (Å²) in [5.41, 5.74) is 6.20. The zero-order valence-electron chi connectivity index (χ0n) is 11.5. The fraction of sp³-hybridized carbons (Fsp3) is 0.500. The van der Waals surface area contributed by atoms with Crippen LogP contribution in [0.2, 0.25) is 0 Å². The Morgan fingerprint density at radius 2 is 1.79 bits per heavy atom. The molecule has 0 aliphatic heterocycles. The summed E-state index contributed by atoms with van der Waals surface area (Å²) < 4.78 is 0. The summed E-state index contributed by atoms with van der Waals surface area (Å²) >= 11 is 0. The van der Waals surface area contributed by atoms with Crippen LogP contribution in [0.5, 0.6) is 0 Å². The van der Waals surface area contributed by atoms with Crippen molar-refractivity contribution in [3.8, 4) is 0 Å². The van der Waals surface area contributed by atoms with Gasteiger partial charge in [-0.25, -0.2) is 0 Å². The molecule has 1 aromatic rings. The zero-order valence-corrected chi connectivity index (χ0v) is 11.5. The van der Waals surface area contributed by atoms with Crippen LogP contribution in [0.3, 0.4) is 0 Å². The second-order valence-electron chi connectivity index (χ2n) is 5.36. The Hall–Kier alpha value is -1.43. The van der Waals surface area contributed by atoms with E-state index in [1.165, 1.54) is 0 Å². The van der Waals surface area contributed by atoms with Gasteiger partial charge in [0.2, 0.25) is 5.91 Å². The second-order valence-corrected chi connectivity index (χ2v) is 5.36. The Labute approximate surface area is 113 Å². The average Bonchev–Trinajstić information content (AvgIpc) is 2.39. The molecule has 0 saturated heterocycles. The number of rotatable bonds is 7. The summed E-state index contributed by atoms with van der Waals surface area (Å²) in [7, 11) is 1.92. The van der Waals surface area contributed by atoms with Gasteiger partial charge in [0, 0.05) is 24.1 Å². The van der Waals surface area contributed by atoms with E-state index in [0.717, 1.165) is 5.56 Å². The highest BCUT2D eigenvalue weighted by Gasteiger charge is 2.24. The number of carbonyl (C=O) groups is 1. The molecule has 0 spiro atoms. The largest absolute Gasteiger partial charge is 0.396 e. The van der Waals surface area contributed by atoms with E-state index in [1.54, 1.807) is 12.1 Å². The number of amides is 1. The number of aliphatic hydroxyl groups is 2. The van der Waals surface area contributed by atoms with E-state index in [4.69, 9.17) is 5.73 Å². The molecule has 0 unspecified atom stereocenters. The normalized spacial score (nSPS) is 11.8. The van der Waals surface area contributed by atoms with Gasteiger partial charge in [0.1, 0.15) is 0 Å². The SMILES string of the molecule is CN(Cc1ccc(C(N)=O)cc1)CC(C)(CO)CO. The first-order valence-corrected chi connectivity index (χ1v) is 6.19. The van der Waals surface area contributed by atoms with E-state index in [-0.39, 0.29) is 13.2 Å². The minimum atomic E-state index is -0.512. The molecule has 0 aliphatic rings. The van der Waals surface area contributed by atoms with Gasteiger partial charge >= 0.3 is 0 Å². The van der Waals surface area contributed by atoms with Crippen LogP contribution in [0, 0.1) is 5.41 Å². The van der Waals surface area contributed by atoms with Crippen LogP contribution in [0.15, 0.2) is 24.3 Å². The average molecular weight is 266 g/mol. The lowest BCUT2D eigenvalue weighted by molar-refractivity contribution is 0.0402. The summed E-state index contributed by atoms with van der Waals surface area (Å²) in [6.07, 6.45) is 0. The van der Waals surface area contributed by atoms with Crippen LogP contribution in [-0.4, -0.2) is 47.8 Å². The summed E-state index contributed by atoms with van der Waals surface area (Å²) in [5.74, 6) is -0.437. The molecule has 0 aromatic heterocycles. The zero-order chi connectivity index (χ0) is 14.5. The molecule has 0 radical (unpaired) electrons. The van der Waals surface area contributed by atoms with Gasteiger partial charge in [-0.2, -0.15) is 0 Å². The van der Waals surface area contributed by atoms with Crippen molar-refractivity contribution in [2.24, 2.45) is 11.1 Å². The van der Waals surface area contributed by atoms with Crippen LogP contribution in [0.1, 0.15) is 22.8 Å². The number of nitrogens with two attached hydrogens (primary N) is 1. The van der Waals surface area contributed by atoms with Gasteiger partial charge in [0.25, 0.3) is 0 Å². The maximum atomic E-state index is 11.0. The Morgan fingerprint density at radius 3 is 2.21 bits per heavy atom. The summed E-state index contributed by atoms with van der Waals surface area (Å²) in [4.78, 5) is 13.0. The van der Waals surface area contributed by atoms with E-state index in [1.807, 2.05) is 31.0 Å². The predicted octanol–water partition coefficient (Wildman–Crippen LogP) is 0.208. The van der Waals surface area contributed by atoms with Crippen molar-refractivity contribution in [2.45, 2.75) is 13.5 Å². The van der Waals surface area contributed by atoms with Crippen LogP contribution >= 0.6 is 0 Å². The van der Waals surface area contributed by atoms with Crippen LogP contribution in [-0.2, 0) is 6.54 Å². The summed E-state index contributed by atoms with van der Waals surface area (Å²) in [5, 5.41) is 18.5. The molecule has 0 bridgehead atoms. The second kappa shape index (κ2) is 6.65. The van der Waals surface area contributed by atoms with Crippen molar-refractivity contribution >= 4 is 5.91 Å². The molecule has 4 N–H and O–H groups in total.